The Kier molecular flexibility index (Phi) is 2.76. The molecule has 1 aromatic rings. The van der Waals surface area contributed by atoms with Crippen LogP contribution in [0.1, 0.15) is 18.3 Å². The minimum atomic E-state index is -0.969. The van der Waals surface area contributed by atoms with Crippen LogP contribution in [-0.2, 0) is 19.1 Å². The van der Waals surface area contributed by atoms with Gasteiger partial charge in [0.15, 0.2) is 0 Å². The van der Waals surface area contributed by atoms with E-state index in [9.17, 15) is 9.59 Å². The molecule has 1 aliphatic heterocycles. The number of ether oxygens (including phenoxy) is 3. The van der Waals surface area contributed by atoms with E-state index in [1.165, 1.54) is 7.11 Å². The fraction of sp³-hybridized carbons (Fsp3) is 0.273. The van der Waals surface area contributed by atoms with E-state index >= 15 is 0 Å². The SMILES string of the molecule is COc1cccc(C2OC(=O)CC(=O)O2)c1. The van der Waals surface area contributed by atoms with Gasteiger partial charge in [0, 0.05) is 5.56 Å². The van der Waals surface area contributed by atoms with E-state index in [4.69, 9.17) is 14.2 Å². The lowest BCUT2D eigenvalue weighted by molar-refractivity contribution is -0.204. The first kappa shape index (κ1) is 10.5. The van der Waals surface area contributed by atoms with Gasteiger partial charge >= 0.3 is 11.9 Å². The molecule has 0 bridgehead atoms. The van der Waals surface area contributed by atoms with Gasteiger partial charge in [-0.1, -0.05) is 12.1 Å². The third-order valence-electron chi connectivity index (χ3n) is 2.13. The maximum Gasteiger partial charge on any atom is 0.320 e. The Labute approximate surface area is 91.9 Å². The van der Waals surface area contributed by atoms with Crippen molar-refractivity contribution >= 4 is 11.9 Å². The Morgan fingerprint density at radius 1 is 1.25 bits per heavy atom. The Balaban J connectivity index is 2.22. The summed E-state index contributed by atoms with van der Waals surface area (Å²) in [5.74, 6) is -0.552. The number of hydrogen-bond donors (Lipinski definition) is 0. The molecule has 5 heteroatoms. The van der Waals surface area contributed by atoms with Crippen molar-refractivity contribution < 1.29 is 23.8 Å². The van der Waals surface area contributed by atoms with Crippen molar-refractivity contribution in [2.45, 2.75) is 12.7 Å². The lowest BCUT2D eigenvalue weighted by Gasteiger charge is -2.22. The van der Waals surface area contributed by atoms with Crippen LogP contribution < -0.4 is 4.74 Å². The van der Waals surface area contributed by atoms with E-state index in [0.717, 1.165) is 0 Å². The molecule has 0 N–H and O–H groups in total. The zero-order chi connectivity index (χ0) is 11.5. The summed E-state index contributed by atoms with van der Waals surface area (Å²) in [6, 6.07) is 6.82. The predicted octanol–water partition coefficient (Wildman–Crippen LogP) is 1.18. The Morgan fingerprint density at radius 2 is 1.94 bits per heavy atom. The lowest BCUT2D eigenvalue weighted by Crippen LogP contribution is -2.26. The standard InChI is InChI=1S/C11H10O5/c1-14-8-4-2-3-7(5-8)11-15-9(12)6-10(13)16-11/h2-5,11H,6H2,1H3. The van der Waals surface area contributed by atoms with Crippen LogP contribution >= 0.6 is 0 Å². The van der Waals surface area contributed by atoms with Crippen molar-refractivity contribution in [3.63, 3.8) is 0 Å². The molecular formula is C11H10O5. The number of carbonyl (C=O) groups excluding carboxylic acids is 2. The van der Waals surface area contributed by atoms with Crippen LogP contribution in [0.25, 0.3) is 0 Å². The summed E-state index contributed by atoms with van der Waals surface area (Å²) in [5, 5.41) is 0. The van der Waals surface area contributed by atoms with Gasteiger partial charge in [-0.3, -0.25) is 9.59 Å². The van der Waals surface area contributed by atoms with Crippen molar-refractivity contribution in [3.05, 3.63) is 29.8 Å². The molecular weight excluding hydrogens is 212 g/mol. The number of benzene rings is 1. The van der Waals surface area contributed by atoms with Gasteiger partial charge in [0.05, 0.1) is 7.11 Å². The smallest absolute Gasteiger partial charge is 0.320 e. The van der Waals surface area contributed by atoms with E-state index < -0.39 is 18.2 Å². The molecule has 0 radical (unpaired) electrons. The molecule has 0 unspecified atom stereocenters. The number of esters is 2. The lowest BCUT2D eigenvalue weighted by atomic mass is 10.2. The zero-order valence-corrected chi connectivity index (χ0v) is 8.64. The summed E-state index contributed by atoms with van der Waals surface area (Å²) in [5.41, 5.74) is 0.570. The van der Waals surface area contributed by atoms with Crippen LogP contribution in [0.4, 0.5) is 0 Å². The molecule has 0 amide bonds. The molecule has 84 valence electrons. The van der Waals surface area contributed by atoms with Gasteiger partial charge in [0.2, 0.25) is 0 Å². The fourth-order valence-electron chi connectivity index (χ4n) is 1.39. The van der Waals surface area contributed by atoms with Crippen LogP contribution in [0.3, 0.4) is 0 Å². The average Bonchev–Trinajstić information content (AvgIpc) is 2.28. The summed E-state index contributed by atoms with van der Waals surface area (Å²) in [7, 11) is 1.53. The van der Waals surface area contributed by atoms with Crippen LogP contribution in [0.5, 0.6) is 5.75 Å². The maximum atomic E-state index is 11.1. The maximum absolute atomic E-state index is 11.1. The van der Waals surface area contributed by atoms with Crippen molar-refractivity contribution in [3.8, 4) is 5.75 Å². The Morgan fingerprint density at radius 3 is 2.56 bits per heavy atom. The number of rotatable bonds is 2. The van der Waals surface area contributed by atoms with Gasteiger partial charge in [-0.15, -0.1) is 0 Å². The fourth-order valence-corrected chi connectivity index (χ4v) is 1.39. The van der Waals surface area contributed by atoms with E-state index in [2.05, 4.69) is 0 Å². The molecule has 1 heterocycles. The second-order valence-electron chi connectivity index (χ2n) is 3.27. The van der Waals surface area contributed by atoms with Crippen molar-refractivity contribution in [1.29, 1.82) is 0 Å². The molecule has 0 atom stereocenters. The molecule has 16 heavy (non-hydrogen) atoms. The van der Waals surface area contributed by atoms with Crippen molar-refractivity contribution in [1.82, 2.24) is 0 Å². The Hall–Kier alpha value is -2.04. The van der Waals surface area contributed by atoms with Gasteiger partial charge in [-0.2, -0.15) is 0 Å². The van der Waals surface area contributed by atoms with Gasteiger partial charge in [0.25, 0.3) is 6.29 Å². The second kappa shape index (κ2) is 4.22. The first-order valence-corrected chi connectivity index (χ1v) is 4.72. The largest absolute Gasteiger partial charge is 0.497 e. The topological polar surface area (TPSA) is 61.8 Å². The molecule has 5 nitrogen and oxygen atoms in total. The quantitative estimate of drug-likeness (QED) is 0.555. The summed E-state index contributed by atoms with van der Waals surface area (Å²) in [6.07, 6.45) is -1.30. The molecule has 0 aromatic heterocycles. The van der Waals surface area contributed by atoms with Gasteiger partial charge < -0.3 is 14.2 Å². The van der Waals surface area contributed by atoms with Crippen LogP contribution in [0.2, 0.25) is 0 Å². The molecule has 0 saturated carbocycles. The van der Waals surface area contributed by atoms with E-state index in [-0.39, 0.29) is 6.42 Å². The van der Waals surface area contributed by atoms with E-state index in [1.807, 2.05) is 0 Å². The first-order valence-electron chi connectivity index (χ1n) is 4.72. The number of cyclic esters (lactones) is 2. The van der Waals surface area contributed by atoms with E-state index in [0.29, 0.717) is 11.3 Å². The number of carbonyl (C=O) groups is 2. The number of hydrogen-bond acceptors (Lipinski definition) is 5. The molecule has 0 aliphatic carbocycles. The Bertz CT molecular complexity index is 410. The molecule has 1 saturated heterocycles. The zero-order valence-electron chi connectivity index (χ0n) is 8.64. The van der Waals surface area contributed by atoms with Gasteiger partial charge in [-0.25, -0.2) is 0 Å². The summed E-state index contributed by atoms with van der Waals surface area (Å²) >= 11 is 0. The summed E-state index contributed by atoms with van der Waals surface area (Å²) in [6.45, 7) is 0. The minimum absolute atomic E-state index is 0.333. The minimum Gasteiger partial charge on any atom is -0.497 e. The first-order chi connectivity index (χ1) is 7.69. The average molecular weight is 222 g/mol. The van der Waals surface area contributed by atoms with Gasteiger partial charge in [-0.05, 0) is 12.1 Å². The van der Waals surface area contributed by atoms with Crippen LogP contribution in [0, 0.1) is 0 Å². The number of methoxy groups -OCH3 is 1. The summed E-state index contributed by atoms with van der Waals surface area (Å²) in [4.78, 5) is 22.1. The molecule has 0 spiro atoms. The highest BCUT2D eigenvalue weighted by Gasteiger charge is 2.29. The normalized spacial score (nSPS) is 16.6. The highest BCUT2D eigenvalue weighted by molar-refractivity contribution is 5.92. The molecule has 1 aromatic carbocycles. The highest BCUT2D eigenvalue weighted by atomic mass is 16.7. The molecule has 1 aliphatic rings. The van der Waals surface area contributed by atoms with E-state index in [1.54, 1.807) is 24.3 Å². The third-order valence-corrected chi connectivity index (χ3v) is 2.13. The third kappa shape index (κ3) is 2.13. The predicted molar refractivity (Wildman–Crippen MR) is 52.5 cm³/mol. The second-order valence-corrected chi connectivity index (χ2v) is 3.27. The highest BCUT2D eigenvalue weighted by Crippen LogP contribution is 2.26. The monoisotopic (exact) mass is 222 g/mol. The molecule has 1 fully saturated rings. The summed E-state index contributed by atoms with van der Waals surface area (Å²) < 4.78 is 14.8. The van der Waals surface area contributed by atoms with Gasteiger partial charge in [0.1, 0.15) is 12.2 Å². The van der Waals surface area contributed by atoms with Crippen LogP contribution in [0.15, 0.2) is 24.3 Å². The molecule has 2 rings (SSSR count). The van der Waals surface area contributed by atoms with Crippen molar-refractivity contribution in [2.75, 3.05) is 7.11 Å². The van der Waals surface area contributed by atoms with Crippen molar-refractivity contribution in [2.24, 2.45) is 0 Å². The van der Waals surface area contributed by atoms with Crippen LogP contribution in [-0.4, -0.2) is 19.0 Å².